The van der Waals surface area contributed by atoms with E-state index in [4.69, 9.17) is 18.9 Å². The average molecular weight is 430 g/mol. The molecule has 2 heterocycles. The van der Waals surface area contributed by atoms with Crippen molar-refractivity contribution >= 4 is 39.7 Å². The lowest BCUT2D eigenvalue weighted by atomic mass is 10.1. The highest BCUT2D eigenvalue weighted by molar-refractivity contribution is 7.20. The third-order valence-electron chi connectivity index (χ3n) is 4.40. The van der Waals surface area contributed by atoms with E-state index in [1.807, 2.05) is 0 Å². The topological polar surface area (TPSA) is 99.7 Å². The van der Waals surface area contributed by atoms with E-state index in [1.54, 1.807) is 38.1 Å². The molecule has 1 N–H and O–H groups in total. The number of benzene rings is 1. The standard InChI is InChI=1S/C21H22N2O6S/c1-6-29-21(25)18-11(2)16-19(24)22-15(23-20(16)30-18)8-7-12-9-13(26-3)17(28-5)14(10-12)27-4/h7-10H,6H2,1-5H3,(H,22,23,24)/b8-7+. The first kappa shape index (κ1) is 21.4. The fourth-order valence-corrected chi connectivity index (χ4v) is 4.09. The van der Waals surface area contributed by atoms with Gasteiger partial charge in [0, 0.05) is 0 Å². The monoisotopic (exact) mass is 430 g/mol. The molecule has 0 bridgehead atoms. The maximum atomic E-state index is 12.6. The Balaban J connectivity index is 2.01. The highest BCUT2D eigenvalue weighted by Gasteiger charge is 2.20. The Morgan fingerprint density at radius 2 is 1.80 bits per heavy atom. The zero-order chi connectivity index (χ0) is 21.8. The second kappa shape index (κ2) is 9.00. The molecular formula is C21H22N2O6S. The fraction of sp³-hybridized carbons (Fsp3) is 0.286. The van der Waals surface area contributed by atoms with Gasteiger partial charge in [0.1, 0.15) is 15.5 Å². The summed E-state index contributed by atoms with van der Waals surface area (Å²) in [5.74, 6) is 1.43. The van der Waals surface area contributed by atoms with Gasteiger partial charge in [-0.15, -0.1) is 11.3 Å². The van der Waals surface area contributed by atoms with Gasteiger partial charge >= 0.3 is 5.97 Å². The van der Waals surface area contributed by atoms with E-state index >= 15 is 0 Å². The zero-order valence-corrected chi connectivity index (χ0v) is 18.1. The van der Waals surface area contributed by atoms with E-state index < -0.39 is 5.97 Å². The number of nitrogens with one attached hydrogen (secondary N) is 1. The molecule has 158 valence electrons. The predicted octanol–water partition coefficient (Wildman–Crippen LogP) is 3.67. The number of aromatic nitrogens is 2. The van der Waals surface area contributed by atoms with Crippen molar-refractivity contribution in [3.63, 3.8) is 0 Å². The van der Waals surface area contributed by atoms with Gasteiger partial charge in [-0.25, -0.2) is 9.78 Å². The summed E-state index contributed by atoms with van der Waals surface area (Å²) >= 11 is 1.14. The number of methoxy groups -OCH3 is 3. The van der Waals surface area contributed by atoms with E-state index in [9.17, 15) is 9.59 Å². The van der Waals surface area contributed by atoms with Crippen molar-refractivity contribution < 1.29 is 23.7 Å². The van der Waals surface area contributed by atoms with E-state index in [0.29, 0.717) is 43.7 Å². The van der Waals surface area contributed by atoms with Crippen LogP contribution in [0.3, 0.4) is 0 Å². The number of esters is 1. The summed E-state index contributed by atoms with van der Waals surface area (Å²) in [7, 11) is 4.61. The Labute approximate surface area is 177 Å². The summed E-state index contributed by atoms with van der Waals surface area (Å²) in [6, 6.07) is 3.56. The Kier molecular flexibility index (Phi) is 6.41. The number of aromatic amines is 1. The molecule has 3 aromatic rings. The average Bonchev–Trinajstić information content (AvgIpc) is 3.08. The van der Waals surface area contributed by atoms with Crippen LogP contribution in [0.4, 0.5) is 0 Å². The van der Waals surface area contributed by atoms with Crippen LogP contribution in [0.15, 0.2) is 16.9 Å². The molecule has 0 aliphatic carbocycles. The number of carbonyl (C=O) groups is 1. The second-order valence-corrected chi connectivity index (χ2v) is 7.20. The van der Waals surface area contributed by atoms with Gasteiger partial charge in [-0.3, -0.25) is 4.79 Å². The summed E-state index contributed by atoms with van der Waals surface area (Å²) in [6.07, 6.45) is 3.43. The summed E-state index contributed by atoms with van der Waals surface area (Å²) in [5, 5.41) is 0.396. The highest BCUT2D eigenvalue weighted by Crippen LogP contribution is 2.38. The van der Waals surface area contributed by atoms with Gasteiger partial charge in [0.2, 0.25) is 5.75 Å². The normalized spacial score (nSPS) is 11.1. The lowest BCUT2D eigenvalue weighted by Gasteiger charge is -2.12. The number of nitrogens with zero attached hydrogens (tertiary/aromatic N) is 1. The van der Waals surface area contributed by atoms with E-state index in [0.717, 1.165) is 16.9 Å². The van der Waals surface area contributed by atoms with Crippen LogP contribution in [0, 0.1) is 6.92 Å². The summed E-state index contributed by atoms with van der Waals surface area (Å²) in [6.45, 7) is 3.71. The number of hydrogen-bond acceptors (Lipinski definition) is 8. The summed E-state index contributed by atoms with van der Waals surface area (Å²) < 4.78 is 21.1. The van der Waals surface area contributed by atoms with Crippen LogP contribution in [0.2, 0.25) is 0 Å². The van der Waals surface area contributed by atoms with Gasteiger partial charge < -0.3 is 23.9 Å². The molecule has 1 aromatic carbocycles. The molecular weight excluding hydrogens is 408 g/mol. The van der Waals surface area contributed by atoms with Crippen LogP contribution in [0.1, 0.15) is 33.5 Å². The molecule has 0 unspecified atom stereocenters. The highest BCUT2D eigenvalue weighted by atomic mass is 32.1. The number of ether oxygens (including phenoxy) is 4. The van der Waals surface area contributed by atoms with Crippen molar-refractivity contribution in [2.45, 2.75) is 13.8 Å². The smallest absolute Gasteiger partial charge is 0.348 e. The maximum Gasteiger partial charge on any atom is 0.348 e. The Morgan fingerprint density at radius 1 is 1.13 bits per heavy atom. The molecule has 0 saturated heterocycles. The number of fused-ring (bicyclic) bond motifs is 1. The second-order valence-electron chi connectivity index (χ2n) is 6.20. The minimum atomic E-state index is -0.452. The molecule has 0 radical (unpaired) electrons. The third-order valence-corrected chi connectivity index (χ3v) is 5.57. The number of hydrogen-bond donors (Lipinski definition) is 1. The zero-order valence-electron chi connectivity index (χ0n) is 17.3. The summed E-state index contributed by atoms with van der Waals surface area (Å²) in [4.78, 5) is 32.8. The van der Waals surface area contributed by atoms with Crippen molar-refractivity contribution in [2.75, 3.05) is 27.9 Å². The molecule has 0 fully saturated rings. The first-order valence-electron chi connectivity index (χ1n) is 9.12. The SMILES string of the molecule is CCOC(=O)c1sc2nc(/C=C/c3cc(OC)c(OC)c(OC)c3)[nH]c(=O)c2c1C. The van der Waals surface area contributed by atoms with Gasteiger partial charge in [0.15, 0.2) is 11.5 Å². The lowest BCUT2D eigenvalue weighted by molar-refractivity contribution is 0.0531. The first-order chi connectivity index (χ1) is 14.4. The van der Waals surface area contributed by atoms with Crippen LogP contribution >= 0.6 is 11.3 Å². The number of thiophene rings is 1. The largest absolute Gasteiger partial charge is 0.493 e. The first-order valence-corrected chi connectivity index (χ1v) is 9.93. The molecule has 8 nitrogen and oxygen atoms in total. The minimum absolute atomic E-state index is 0.263. The number of carbonyl (C=O) groups excluding carboxylic acids is 1. The molecule has 0 saturated carbocycles. The molecule has 0 atom stereocenters. The molecule has 0 amide bonds. The maximum absolute atomic E-state index is 12.6. The molecule has 0 aliphatic rings. The van der Waals surface area contributed by atoms with Crippen molar-refractivity contribution in [3.05, 3.63) is 44.3 Å². The summed E-state index contributed by atoms with van der Waals surface area (Å²) in [5.41, 5.74) is 1.03. The molecule has 3 rings (SSSR count). The van der Waals surface area contributed by atoms with Crippen molar-refractivity contribution in [2.24, 2.45) is 0 Å². The molecule has 2 aromatic heterocycles. The molecule has 0 spiro atoms. The molecule has 0 aliphatic heterocycles. The Hall–Kier alpha value is -3.33. The van der Waals surface area contributed by atoms with Gasteiger partial charge in [-0.1, -0.05) is 6.08 Å². The molecule has 9 heteroatoms. The number of H-pyrrole nitrogens is 1. The van der Waals surface area contributed by atoms with Crippen LogP contribution in [0.25, 0.3) is 22.4 Å². The number of aryl methyl sites for hydroxylation is 1. The van der Waals surface area contributed by atoms with Gasteiger partial charge in [0.05, 0.1) is 33.3 Å². The third kappa shape index (κ3) is 4.02. The van der Waals surface area contributed by atoms with Crippen molar-refractivity contribution in [1.29, 1.82) is 0 Å². The Bertz CT molecular complexity index is 1150. The van der Waals surface area contributed by atoms with Crippen LogP contribution in [-0.4, -0.2) is 43.9 Å². The van der Waals surface area contributed by atoms with Crippen molar-refractivity contribution in [3.8, 4) is 17.2 Å². The molecule has 30 heavy (non-hydrogen) atoms. The van der Waals surface area contributed by atoms with Gasteiger partial charge in [-0.2, -0.15) is 0 Å². The van der Waals surface area contributed by atoms with E-state index in [1.165, 1.54) is 21.3 Å². The van der Waals surface area contributed by atoms with Crippen LogP contribution < -0.4 is 19.8 Å². The van der Waals surface area contributed by atoms with Gasteiger partial charge in [0.25, 0.3) is 5.56 Å². The predicted molar refractivity (Wildman–Crippen MR) is 116 cm³/mol. The van der Waals surface area contributed by atoms with Crippen LogP contribution in [0.5, 0.6) is 17.2 Å². The van der Waals surface area contributed by atoms with Crippen LogP contribution in [-0.2, 0) is 4.74 Å². The van der Waals surface area contributed by atoms with E-state index in [-0.39, 0.29) is 12.2 Å². The van der Waals surface area contributed by atoms with Gasteiger partial charge in [-0.05, 0) is 43.2 Å². The fourth-order valence-electron chi connectivity index (χ4n) is 3.00. The Morgan fingerprint density at radius 3 is 2.37 bits per heavy atom. The minimum Gasteiger partial charge on any atom is -0.493 e. The number of rotatable bonds is 7. The van der Waals surface area contributed by atoms with Crippen molar-refractivity contribution in [1.82, 2.24) is 9.97 Å². The van der Waals surface area contributed by atoms with E-state index in [2.05, 4.69) is 9.97 Å². The quantitative estimate of drug-likeness (QED) is 0.571. The lowest BCUT2D eigenvalue weighted by Crippen LogP contribution is -2.10.